The summed E-state index contributed by atoms with van der Waals surface area (Å²) in [5.74, 6) is 1.31. The molecule has 0 aliphatic rings. The van der Waals surface area contributed by atoms with Gasteiger partial charge in [-0.1, -0.05) is 24.3 Å². The van der Waals surface area contributed by atoms with Crippen molar-refractivity contribution in [3.63, 3.8) is 0 Å². The molecule has 28 heavy (non-hydrogen) atoms. The first-order valence-corrected chi connectivity index (χ1v) is 10.3. The average molecular weight is 521 g/mol. The Kier molecular flexibility index (Phi) is 9.82. The number of sulfonamides is 1. The van der Waals surface area contributed by atoms with Gasteiger partial charge in [-0.05, 0) is 25.0 Å². The van der Waals surface area contributed by atoms with E-state index in [0.29, 0.717) is 19.0 Å². The summed E-state index contributed by atoms with van der Waals surface area (Å²) in [7, 11) is 0.110. The van der Waals surface area contributed by atoms with Crippen LogP contribution in [0.5, 0.6) is 0 Å². The first-order valence-electron chi connectivity index (χ1n) is 8.65. The average Bonchev–Trinajstić information content (AvgIpc) is 3.00. The van der Waals surface area contributed by atoms with Gasteiger partial charge in [0.25, 0.3) is 0 Å². The molecule has 0 amide bonds. The van der Waals surface area contributed by atoms with Crippen molar-refractivity contribution in [3.8, 4) is 0 Å². The number of aromatic nitrogens is 3. The Balaban J connectivity index is 0.00000392. The second-order valence-corrected chi connectivity index (χ2v) is 8.13. The zero-order valence-electron chi connectivity index (χ0n) is 16.5. The first kappa shape index (κ1) is 24.3. The third kappa shape index (κ3) is 7.72. The highest BCUT2D eigenvalue weighted by molar-refractivity contribution is 14.0. The van der Waals surface area contributed by atoms with Crippen LogP contribution < -0.4 is 15.4 Å². The molecule has 0 atom stereocenters. The Hall–Kier alpha value is -1.73. The van der Waals surface area contributed by atoms with E-state index in [1.807, 2.05) is 31.3 Å². The van der Waals surface area contributed by atoms with Gasteiger partial charge in [0.15, 0.2) is 5.96 Å². The minimum atomic E-state index is -3.39. The van der Waals surface area contributed by atoms with Crippen LogP contribution in [0.25, 0.3) is 0 Å². The molecule has 0 saturated heterocycles. The van der Waals surface area contributed by atoms with Crippen molar-refractivity contribution < 1.29 is 8.42 Å². The fourth-order valence-corrected chi connectivity index (χ4v) is 4.01. The van der Waals surface area contributed by atoms with Crippen molar-refractivity contribution in [1.29, 1.82) is 0 Å². The molecule has 3 N–H and O–H groups in total. The molecule has 9 nitrogen and oxygen atoms in total. The van der Waals surface area contributed by atoms with Gasteiger partial charge in [-0.25, -0.2) is 18.1 Å². The fraction of sp³-hybridized carbons (Fsp3) is 0.471. The van der Waals surface area contributed by atoms with Crippen LogP contribution in [0.4, 0.5) is 0 Å². The van der Waals surface area contributed by atoms with Gasteiger partial charge in [0.2, 0.25) is 10.0 Å². The van der Waals surface area contributed by atoms with Crippen molar-refractivity contribution in [3.05, 3.63) is 47.5 Å². The summed E-state index contributed by atoms with van der Waals surface area (Å²) < 4.78 is 28.8. The van der Waals surface area contributed by atoms with Gasteiger partial charge in [0.05, 0.1) is 12.3 Å². The molecule has 0 unspecified atom stereocenters. The van der Waals surface area contributed by atoms with Crippen molar-refractivity contribution in [2.45, 2.75) is 38.7 Å². The third-order valence-electron chi connectivity index (χ3n) is 3.77. The van der Waals surface area contributed by atoms with E-state index >= 15 is 0 Å². The van der Waals surface area contributed by atoms with Crippen molar-refractivity contribution >= 4 is 40.0 Å². The summed E-state index contributed by atoms with van der Waals surface area (Å²) in [4.78, 5) is 8.33. The monoisotopic (exact) mass is 521 g/mol. The number of nitrogens with zero attached hydrogens (tertiary/aromatic N) is 4. The Labute approximate surface area is 183 Å². The van der Waals surface area contributed by atoms with Crippen LogP contribution in [0.3, 0.4) is 0 Å². The molecule has 1 aromatic heterocycles. The van der Waals surface area contributed by atoms with Crippen LogP contribution in [0.1, 0.15) is 30.8 Å². The number of rotatable bonds is 8. The quantitative estimate of drug-likeness (QED) is 0.273. The predicted octanol–water partition coefficient (Wildman–Crippen LogP) is 1.13. The number of hydrogen-bond donors (Lipinski definition) is 3. The molecule has 156 valence electrons. The lowest BCUT2D eigenvalue weighted by Crippen LogP contribution is -2.37. The van der Waals surface area contributed by atoms with Gasteiger partial charge >= 0.3 is 0 Å². The van der Waals surface area contributed by atoms with Crippen LogP contribution in [-0.4, -0.2) is 42.2 Å². The van der Waals surface area contributed by atoms with Gasteiger partial charge in [0.1, 0.15) is 12.2 Å². The third-order valence-corrected chi connectivity index (χ3v) is 5.29. The number of benzene rings is 1. The largest absolute Gasteiger partial charge is 0.352 e. The van der Waals surface area contributed by atoms with Gasteiger partial charge in [0, 0.05) is 26.7 Å². The van der Waals surface area contributed by atoms with Crippen LogP contribution in [0.2, 0.25) is 0 Å². The van der Waals surface area contributed by atoms with Crippen LogP contribution in [-0.2, 0) is 35.9 Å². The van der Waals surface area contributed by atoms with E-state index in [1.54, 1.807) is 25.6 Å². The Morgan fingerprint density at radius 1 is 1.18 bits per heavy atom. The zero-order valence-corrected chi connectivity index (χ0v) is 19.7. The number of nitrogens with one attached hydrogen (secondary N) is 3. The van der Waals surface area contributed by atoms with Crippen LogP contribution >= 0.6 is 24.0 Å². The Bertz CT molecular complexity index is 881. The van der Waals surface area contributed by atoms with E-state index in [9.17, 15) is 8.42 Å². The molecule has 0 radical (unpaired) electrons. The van der Waals surface area contributed by atoms with Gasteiger partial charge < -0.3 is 10.6 Å². The zero-order chi connectivity index (χ0) is 19.9. The van der Waals surface area contributed by atoms with Crippen LogP contribution in [0, 0.1) is 0 Å². The summed E-state index contributed by atoms with van der Waals surface area (Å²) in [6, 6.07) is 7.32. The molecule has 2 aromatic rings. The van der Waals surface area contributed by atoms with Gasteiger partial charge in [-0.2, -0.15) is 5.10 Å². The smallest absolute Gasteiger partial charge is 0.216 e. The number of halogens is 1. The molecule has 0 spiro atoms. The lowest BCUT2D eigenvalue weighted by molar-refractivity contribution is 0.568. The summed E-state index contributed by atoms with van der Waals surface area (Å²) in [6.45, 7) is 4.53. The van der Waals surface area contributed by atoms with E-state index < -0.39 is 10.0 Å². The highest BCUT2D eigenvalue weighted by atomic mass is 127. The minimum absolute atomic E-state index is 0. The van der Waals surface area contributed by atoms with Crippen molar-refractivity contribution in [2.75, 3.05) is 7.05 Å². The normalized spacial score (nSPS) is 12.0. The number of hydrogen-bond acceptors (Lipinski definition) is 5. The SMILES string of the molecule is CN=C(NCc1ccccc1CS(=O)(=O)NC(C)C)NCc1ncnn1C.I. The number of aliphatic imine (C=N–C) groups is 1. The topological polar surface area (TPSA) is 113 Å². The molecule has 0 fully saturated rings. The maximum Gasteiger partial charge on any atom is 0.216 e. The van der Waals surface area contributed by atoms with Gasteiger partial charge in [-0.3, -0.25) is 9.67 Å². The standard InChI is InChI=1S/C17H27N7O2S.HI/c1-13(2)23-27(25,26)11-15-8-6-5-7-14(15)9-19-17(18-3)20-10-16-21-12-22-24(16)4;/h5-8,12-13,23H,9-11H2,1-4H3,(H2,18,19,20);1H. The number of guanidine groups is 1. The van der Waals surface area contributed by atoms with Crippen LogP contribution in [0.15, 0.2) is 35.6 Å². The Morgan fingerprint density at radius 2 is 1.82 bits per heavy atom. The first-order chi connectivity index (χ1) is 12.8. The molecule has 11 heteroatoms. The van der Waals surface area contributed by atoms with E-state index in [4.69, 9.17) is 0 Å². The second kappa shape index (κ2) is 11.3. The molecular weight excluding hydrogens is 493 g/mol. The van der Waals surface area contributed by atoms with Gasteiger partial charge in [-0.15, -0.1) is 24.0 Å². The second-order valence-electron chi connectivity index (χ2n) is 6.38. The molecule has 1 aromatic carbocycles. The lowest BCUT2D eigenvalue weighted by atomic mass is 10.1. The van der Waals surface area contributed by atoms with E-state index in [2.05, 4.69) is 30.4 Å². The minimum Gasteiger partial charge on any atom is -0.352 e. The van der Waals surface area contributed by atoms with E-state index in [-0.39, 0.29) is 35.8 Å². The lowest BCUT2D eigenvalue weighted by Gasteiger charge is -2.15. The molecule has 1 heterocycles. The van der Waals surface area contributed by atoms with E-state index in [0.717, 1.165) is 17.0 Å². The summed E-state index contributed by atoms with van der Waals surface area (Å²) in [6.07, 6.45) is 1.50. The molecule has 0 aliphatic carbocycles. The molecule has 0 saturated carbocycles. The molecular formula is C17H28IN7O2S. The maximum atomic E-state index is 12.2. The highest BCUT2D eigenvalue weighted by Gasteiger charge is 2.15. The highest BCUT2D eigenvalue weighted by Crippen LogP contribution is 2.12. The van der Waals surface area contributed by atoms with Crippen molar-refractivity contribution in [2.24, 2.45) is 12.0 Å². The predicted molar refractivity (Wildman–Crippen MR) is 121 cm³/mol. The van der Waals surface area contributed by atoms with E-state index in [1.165, 1.54) is 6.33 Å². The Morgan fingerprint density at radius 3 is 2.39 bits per heavy atom. The molecule has 2 rings (SSSR count). The maximum absolute atomic E-state index is 12.2. The van der Waals surface area contributed by atoms with Crippen molar-refractivity contribution in [1.82, 2.24) is 30.1 Å². The molecule has 0 aliphatic heterocycles. The molecule has 0 bridgehead atoms. The fourth-order valence-electron chi connectivity index (χ4n) is 2.52. The number of aryl methyl sites for hydroxylation is 1. The summed E-state index contributed by atoms with van der Waals surface area (Å²) in [5.41, 5.74) is 1.65. The summed E-state index contributed by atoms with van der Waals surface area (Å²) in [5, 5.41) is 10.4. The summed E-state index contributed by atoms with van der Waals surface area (Å²) >= 11 is 0.